The smallest absolute Gasteiger partial charge is 0.283 e. The predicted octanol–water partition coefficient (Wildman–Crippen LogP) is 4.15. The zero-order valence-corrected chi connectivity index (χ0v) is 20.3. The number of rotatable bonds is 6. The molecule has 34 heavy (non-hydrogen) atoms. The molecule has 178 valence electrons. The highest BCUT2D eigenvalue weighted by Gasteiger charge is 2.41. The Morgan fingerprint density at radius 2 is 1.82 bits per heavy atom. The fourth-order valence-corrected chi connectivity index (χ4v) is 6.71. The summed E-state index contributed by atoms with van der Waals surface area (Å²) in [6.07, 6.45) is 4.79. The van der Waals surface area contributed by atoms with Crippen molar-refractivity contribution in [3.05, 3.63) is 76.6 Å². The molecule has 0 radical (unpaired) electrons. The molecule has 3 atom stereocenters. The number of amides is 1. The van der Waals surface area contributed by atoms with Gasteiger partial charge in [-0.05, 0) is 85.9 Å². The lowest BCUT2D eigenvalue weighted by Crippen LogP contribution is -2.32. The van der Waals surface area contributed by atoms with Crippen LogP contribution in [0.1, 0.15) is 64.5 Å². The molecule has 0 saturated heterocycles. The topological polar surface area (TPSA) is 107 Å². The minimum absolute atomic E-state index is 0.0463. The number of sulfonamides is 1. The maximum atomic E-state index is 13.3. The summed E-state index contributed by atoms with van der Waals surface area (Å²) in [6, 6.07) is 13.8. The zero-order chi connectivity index (χ0) is 24.0. The van der Waals surface area contributed by atoms with Crippen LogP contribution in [0.5, 0.6) is 0 Å². The lowest BCUT2D eigenvalue weighted by Gasteiger charge is -2.19. The number of aromatic nitrogens is 2. The second kappa shape index (κ2) is 8.58. The monoisotopic (exact) mass is 478 g/mol. The summed E-state index contributed by atoms with van der Waals surface area (Å²) in [5.41, 5.74) is 10.5. The van der Waals surface area contributed by atoms with E-state index in [0.717, 1.165) is 34.7 Å². The van der Waals surface area contributed by atoms with Gasteiger partial charge in [0.15, 0.2) is 0 Å². The summed E-state index contributed by atoms with van der Waals surface area (Å²) in [4.78, 5) is 13.3. The molecule has 2 saturated carbocycles. The molecule has 2 aromatic carbocycles. The molecule has 0 aliphatic heterocycles. The minimum Gasteiger partial charge on any atom is -0.399 e. The first kappa shape index (κ1) is 22.7. The molecule has 1 amide bonds. The molecule has 0 spiro atoms. The third-order valence-corrected chi connectivity index (χ3v) is 8.83. The SMILES string of the molecule is Cc1cccc(C)c1Cn1nc(C2CC3CCC2C3)cc1C(=O)NS(=O)(=O)c1cccc(N)c1. The highest BCUT2D eigenvalue weighted by Crippen LogP contribution is 2.52. The van der Waals surface area contributed by atoms with Crippen molar-refractivity contribution in [2.75, 3.05) is 5.73 Å². The van der Waals surface area contributed by atoms with E-state index in [9.17, 15) is 13.2 Å². The van der Waals surface area contributed by atoms with Gasteiger partial charge in [-0.3, -0.25) is 9.48 Å². The molecule has 1 heterocycles. The lowest BCUT2D eigenvalue weighted by atomic mass is 9.86. The Morgan fingerprint density at radius 1 is 1.09 bits per heavy atom. The van der Waals surface area contributed by atoms with Crippen LogP contribution in [0.25, 0.3) is 0 Å². The van der Waals surface area contributed by atoms with Crippen molar-refractivity contribution >= 4 is 21.6 Å². The Labute approximate surface area is 200 Å². The molecule has 5 rings (SSSR count). The normalized spacial score (nSPS) is 21.6. The van der Waals surface area contributed by atoms with Crippen LogP contribution in [0.2, 0.25) is 0 Å². The van der Waals surface area contributed by atoms with Crippen LogP contribution in [-0.4, -0.2) is 24.1 Å². The third kappa shape index (κ3) is 4.22. The Balaban J connectivity index is 1.50. The van der Waals surface area contributed by atoms with Crippen molar-refractivity contribution in [2.24, 2.45) is 11.8 Å². The summed E-state index contributed by atoms with van der Waals surface area (Å²) in [7, 11) is -4.07. The average molecular weight is 479 g/mol. The number of nitrogens with zero attached hydrogens (tertiary/aromatic N) is 2. The molecule has 2 bridgehead atoms. The Morgan fingerprint density at radius 3 is 2.47 bits per heavy atom. The van der Waals surface area contributed by atoms with E-state index in [0.29, 0.717) is 24.1 Å². The van der Waals surface area contributed by atoms with Crippen molar-refractivity contribution in [3.8, 4) is 0 Å². The van der Waals surface area contributed by atoms with Gasteiger partial charge >= 0.3 is 0 Å². The van der Waals surface area contributed by atoms with Gasteiger partial charge in [0.05, 0.1) is 17.1 Å². The predicted molar refractivity (Wildman–Crippen MR) is 131 cm³/mol. The van der Waals surface area contributed by atoms with Crippen molar-refractivity contribution in [3.63, 3.8) is 0 Å². The van der Waals surface area contributed by atoms with Crippen LogP contribution in [0.4, 0.5) is 5.69 Å². The maximum absolute atomic E-state index is 13.3. The quantitative estimate of drug-likeness (QED) is 0.518. The summed E-state index contributed by atoms with van der Waals surface area (Å²) in [5, 5.41) is 4.87. The van der Waals surface area contributed by atoms with Gasteiger partial charge in [-0.25, -0.2) is 13.1 Å². The summed E-state index contributed by atoms with van der Waals surface area (Å²) < 4.78 is 29.7. The van der Waals surface area contributed by atoms with Gasteiger partial charge in [0.2, 0.25) is 0 Å². The molecular formula is C26H30N4O3S. The molecule has 2 aliphatic rings. The van der Waals surface area contributed by atoms with E-state index in [1.54, 1.807) is 22.9 Å². The Hall–Kier alpha value is -3.13. The van der Waals surface area contributed by atoms with E-state index < -0.39 is 15.9 Å². The van der Waals surface area contributed by atoms with Gasteiger partial charge in [0.1, 0.15) is 5.69 Å². The first-order valence-electron chi connectivity index (χ1n) is 11.8. The number of hydrogen-bond acceptors (Lipinski definition) is 5. The number of nitrogens with one attached hydrogen (secondary N) is 1. The minimum atomic E-state index is -4.07. The molecule has 2 fully saturated rings. The molecule has 3 N–H and O–H groups in total. The van der Waals surface area contributed by atoms with Crippen molar-refractivity contribution < 1.29 is 13.2 Å². The zero-order valence-electron chi connectivity index (χ0n) is 19.5. The number of benzene rings is 2. The van der Waals surface area contributed by atoms with Crippen LogP contribution in [0.15, 0.2) is 53.4 Å². The number of nitrogen functional groups attached to an aromatic ring is 1. The lowest BCUT2D eigenvalue weighted by molar-refractivity contribution is 0.0971. The first-order chi connectivity index (χ1) is 16.2. The molecule has 1 aromatic heterocycles. The van der Waals surface area contributed by atoms with Crippen molar-refractivity contribution in [1.82, 2.24) is 14.5 Å². The fraction of sp³-hybridized carbons (Fsp3) is 0.385. The van der Waals surface area contributed by atoms with Crippen LogP contribution in [0, 0.1) is 25.7 Å². The number of carbonyl (C=O) groups is 1. The van der Waals surface area contributed by atoms with E-state index >= 15 is 0 Å². The van der Waals surface area contributed by atoms with Crippen molar-refractivity contribution in [1.29, 1.82) is 0 Å². The second-order valence-corrected chi connectivity index (χ2v) is 11.5. The summed E-state index contributed by atoms with van der Waals surface area (Å²) in [5.74, 6) is 0.978. The van der Waals surface area contributed by atoms with Gasteiger partial charge < -0.3 is 5.73 Å². The Bertz CT molecular complexity index is 1340. The number of carbonyl (C=O) groups excluding carboxylic acids is 1. The van der Waals surface area contributed by atoms with Crippen LogP contribution in [0.3, 0.4) is 0 Å². The van der Waals surface area contributed by atoms with E-state index in [-0.39, 0.29) is 10.6 Å². The third-order valence-electron chi connectivity index (χ3n) is 7.50. The van der Waals surface area contributed by atoms with E-state index in [2.05, 4.69) is 4.72 Å². The second-order valence-electron chi connectivity index (χ2n) is 9.77. The summed E-state index contributed by atoms with van der Waals surface area (Å²) >= 11 is 0. The van der Waals surface area contributed by atoms with Crippen LogP contribution < -0.4 is 10.5 Å². The molecule has 7 nitrogen and oxygen atoms in total. The van der Waals surface area contributed by atoms with Crippen LogP contribution in [-0.2, 0) is 16.6 Å². The van der Waals surface area contributed by atoms with E-state index in [1.165, 1.54) is 31.4 Å². The van der Waals surface area contributed by atoms with Gasteiger partial charge in [-0.2, -0.15) is 5.10 Å². The van der Waals surface area contributed by atoms with Gasteiger partial charge in [-0.1, -0.05) is 30.7 Å². The number of aryl methyl sites for hydroxylation is 2. The highest BCUT2D eigenvalue weighted by molar-refractivity contribution is 7.90. The van der Waals surface area contributed by atoms with E-state index in [1.807, 2.05) is 32.0 Å². The first-order valence-corrected chi connectivity index (χ1v) is 13.2. The molecule has 3 aromatic rings. The summed E-state index contributed by atoms with van der Waals surface area (Å²) in [6.45, 7) is 4.47. The molecule has 8 heteroatoms. The molecular weight excluding hydrogens is 448 g/mol. The maximum Gasteiger partial charge on any atom is 0.283 e. The largest absolute Gasteiger partial charge is 0.399 e. The van der Waals surface area contributed by atoms with Gasteiger partial charge in [0, 0.05) is 11.6 Å². The van der Waals surface area contributed by atoms with Gasteiger partial charge in [0.25, 0.3) is 15.9 Å². The number of hydrogen-bond donors (Lipinski definition) is 2. The highest BCUT2D eigenvalue weighted by atomic mass is 32.2. The number of nitrogens with two attached hydrogens (primary N) is 1. The molecule has 3 unspecified atom stereocenters. The standard InChI is InChI=1S/C26H30N4O3S/c1-16-5-3-6-17(2)23(16)15-30-25(14-24(28-30)22-12-18-9-10-19(22)11-18)26(31)29-34(32,33)21-8-4-7-20(27)13-21/h3-8,13-14,18-19,22H,9-12,15,27H2,1-2H3,(H,29,31). The number of anilines is 1. The average Bonchev–Trinajstić information content (AvgIpc) is 3.52. The van der Waals surface area contributed by atoms with Crippen LogP contribution >= 0.6 is 0 Å². The fourth-order valence-electron chi connectivity index (χ4n) is 5.69. The Kier molecular flexibility index (Phi) is 5.72. The van der Waals surface area contributed by atoms with Gasteiger partial charge in [-0.15, -0.1) is 0 Å². The van der Waals surface area contributed by atoms with Crippen molar-refractivity contribution in [2.45, 2.75) is 56.9 Å². The van der Waals surface area contributed by atoms with E-state index in [4.69, 9.17) is 10.8 Å². The number of fused-ring (bicyclic) bond motifs is 2. The molecule has 2 aliphatic carbocycles.